The normalized spacial score (nSPS) is 10.6. The second-order valence-electron chi connectivity index (χ2n) is 5.78. The number of carbonyl (C=O) groups excluding carboxylic acids is 1. The predicted octanol–water partition coefficient (Wildman–Crippen LogP) is 3.48. The van der Waals surface area contributed by atoms with Crippen LogP contribution >= 0.6 is 0 Å². The first-order valence-corrected chi connectivity index (χ1v) is 8.08. The lowest BCUT2D eigenvalue weighted by atomic mass is 10.1. The standard InChI is InChI=1S/C19H18FN3O3/c1-12-17(13(2)26-23-12)10-18(24)22-11-14-5-4-8-21-19(14)25-16-7-3-6-15(20)9-16/h3-9H,10-11H2,1-2H3,(H,22,24). The highest BCUT2D eigenvalue weighted by atomic mass is 19.1. The highest BCUT2D eigenvalue weighted by Gasteiger charge is 2.14. The first kappa shape index (κ1) is 17.6. The van der Waals surface area contributed by atoms with E-state index in [1.807, 2.05) is 0 Å². The Morgan fingerprint density at radius 2 is 2.12 bits per heavy atom. The van der Waals surface area contributed by atoms with Gasteiger partial charge in [-0.3, -0.25) is 4.79 Å². The number of benzene rings is 1. The summed E-state index contributed by atoms with van der Waals surface area (Å²) in [6.45, 7) is 3.81. The Kier molecular flexibility index (Phi) is 5.26. The van der Waals surface area contributed by atoms with Crippen LogP contribution in [0.5, 0.6) is 11.6 Å². The summed E-state index contributed by atoms with van der Waals surface area (Å²) in [5.74, 6) is 0.726. The number of nitrogens with zero attached hydrogens (tertiary/aromatic N) is 2. The molecule has 2 heterocycles. The van der Waals surface area contributed by atoms with Gasteiger partial charge in [0.1, 0.15) is 17.3 Å². The first-order chi connectivity index (χ1) is 12.5. The van der Waals surface area contributed by atoms with Crippen LogP contribution in [-0.4, -0.2) is 16.0 Å². The summed E-state index contributed by atoms with van der Waals surface area (Å²) in [7, 11) is 0. The van der Waals surface area contributed by atoms with Crippen LogP contribution in [0.3, 0.4) is 0 Å². The number of hydrogen-bond acceptors (Lipinski definition) is 5. The molecule has 0 aliphatic rings. The second-order valence-corrected chi connectivity index (χ2v) is 5.78. The first-order valence-electron chi connectivity index (χ1n) is 8.08. The molecule has 0 saturated carbocycles. The number of halogens is 1. The number of rotatable bonds is 6. The fourth-order valence-electron chi connectivity index (χ4n) is 2.46. The third-order valence-electron chi connectivity index (χ3n) is 3.86. The van der Waals surface area contributed by atoms with Crippen LogP contribution in [-0.2, 0) is 17.8 Å². The van der Waals surface area contributed by atoms with Crippen LogP contribution in [0.15, 0.2) is 47.1 Å². The Morgan fingerprint density at radius 3 is 2.85 bits per heavy atom. The van der Waals surface area contributed by atoms with Gasteiger partial charge in [-0.15, -0.1) is 0 Å². The lowest BCUT2D eigenvalue weighted by Gasteiger charge is -2.11. The summed E-state index contributed by atoms with van der Waals surface area (Å²) in [4.78, 5) is 16.4. The molecular formula is C19H18FN3O3. The van der Waals surface area contributed by atoms with Gasteiger partial charge < -0.3 is 14.6 Å². The van der Waals surface area contributed by atoms with E-state index >= 15 is 0 Å². The molecule has 0 radical (unpaired) electrons. The summed E-state index contributed by atoms with van der Waals surface area (Å²) in [6, 6.07) is 9.33. The summed E-state index contributed by atoms with van der Waals surface area (Å²) in [6.07, 6.45) is 1.76. The van der Waals surface area contributed by atoms with Gasteiger partial charge in [0.25, 0.3) is 0 Å². The highest BCUT2D eigenvalue weighted by molar-refractivity contribution is 5.79. The third kappa shape index (κ3) is 4.24. The van der Waals surface area contributed by atoms with Crippen molar-refractivity contribution in [1.29, 1.82) is 0 Å². The van der Waals surface area contributed by atoms with E-state index in [0.29, 0.717) is 28.6 Å². The van der Waals surface area contributed by atoms with E-state index in [-0.39, 0.29) is 18.9 Å². The smallest absolute Gasteiger partial charge is 0.224 e. The molecule has 1 amide bonds. The summed E-state index contributed by atoms with van der Waals surface area (Å²) < 4.78 is 24.0. The predicted molar refractivity (Wildman–Crippen MR) is 92.2 cm³/mol. The van der Waals surface area contributed by atoms with Crippen molar-refractivity contribution in [3.05, 3.63) is 71.0 Å². The van der Waals surface area contributed by atoms with Crippen molar-refractivity contribution >= 4 is 5.91 Å². The molecule has 134 valence electrons. The molecule has 0 aliphatic carbocycles. The van der Waals surface area contributed by atoms with E-state index in [1.165, 1.54) is 12.1 Å². The fraction of sp³-hybridized carbons (Fsp3) is 0.211. The van der Waals surface area contributed by atoms with E-state index in [2.05, 4.69) is 15.5 Å². The monoisotopic (exact) mass is 355 g/mol. The van der Waals surface area contributed by atoms with Gasteiger partial charge in [0.2, 0.25) is 11.8 Å². The molecule has 0 saturated heterocycles. The van der Waals surface area contributed by atoms with Crippen LogP contribution < -0.4 is 10.1 Å². The minimum absolute atomic E-state index is 0.167. The molecule has 0 fully saturated rings. The van der Waals surface area contributed by atoms with Gasteiger partial charge in [0, 0.05) is 29.9 Å². The lowest BCUT2D eigenvalue weighted by molar-refractivity contribution is -0.120. The van der Waals surface area contributed by atoms with Crippen molar-refractivity contribution in [2.75, 3.05) is 0 Å². The zero-order chi connectivity index (χ0) is 18.5. The van der Waals surface area contributed by atoms with E-state index in [4.69, 9.17) is 9.26 Å². The number of pyridine rings is 1. The molecule has 3 aromatic rings. The highest BCUT2D eigenvalue weighted by Crippen LogP contribution is 2.23. The average Bonchev–Trinajstić information content (AvgIpc) is 2.93. The van der Waals surface area contributed by atoms with Crippen molar-refractivity contribution in [2.24, 2.45) is 0 Å². The number of carbonyl (C=O) groups is 1. The quantitative estimate of drug-likeness (QED) is 0.732. The molecule has 0 aliphatic heterocycles. The van der Waals surface area contributed by atoms with Crippen LogP contribution in [0.2, 0.25) is 0 Å². The summed E-state index contributed by atoms with van der Waals surface area (Å²) in [5, 5.41) is 6.67. The van der Waals surface area contributed by atoms with Crippen LogP contribution in [0.1, 0.15) is 22.6 Å². The van der Waals surface area contributed by atoms with E-state index in [0.717, 1.165) is 5.56 Å². The number of aromatic nitrogens is 2. The van der Waals surface area contributed by atoms with Gasteiger partial charge in [-0.25, -0.2) is 9.37 Å². The van der Waals surface area contributed by atoms with Crippen LogP contribution in [0.25, 0.3) is 0 Å². The van der Waals surface area contributed by atoms with E-state index < -0.39 is 5.82 Å². The van der Waals surface area contributed by atoms with Crippen molar-refractivity contribution in [1.82, 2.24) is 15.5 Å². The molecule has 0 bridgehead atoms. The number of nitrogens with one attached hydrogen (secondary N) is 1. The number of ether oxygens (including phenoxy) is 1. The van der Waals surface area contributed by atoms with Crippen molar-refractivity contribution in [2.45, 2.75) is 26.8 Å². The van der Waals surface area contributed by atoms with E-state index in [9.17, 15) is 9.18 Å². The van der Waals surface area contributed by atoms with Gasteiger partial charge in [0.05, 0.1) is 12.1 Å². The summed E-state index contributed by atoms with van der Waals surface area (Å²) >= 11 is 0. The molecule has 0 atom stereocenters. The third-order valence-corrected chi connectivity index (χ3v) is 3.86. The van der Waals surface area contributed by atoms with Gasteiger partial charge in [-0.2, -0.15) is 0 Å². The van der Waals surface area contributed by atoms with E-state index in [1.54, 1.807) is 44.3 Å². The van der Waals surface area contributed by atoms with Gasteiger partial charge >= 0.3 is 0 Å². The topological polar surface area (TPSA) is 77.3 Å². The molecule has 26 heavy (non-hydrogen) atoms. The fourth-order valence-corrected chi connectivity index (χ4v) is 2.46. The Balaban J connectivity index is 1.66. The Hall–Kier alpha value is -3.22. The number of aryl methyl sites for hydroxylation is 2. The van der Waals surface area contributed by atoms with Gasteiger partial charge in [-0.05, 0) is 32.0 Å². The minimum Gasteiger partial charge on any atom is -0.439 e. The molecular weight excluding hydrogens is 337 g/mol. The zero-order valence-electron chi connectivity index (χ0n) is 14.5. The molecule has 7 heteroatoms. The second kappa shape index (κ2) is 7.77. The molecule has 0 unspecified atom stereocenters. The molecule has 1 aromatic carbocycles. The average molecular weight is 355 g/mol. The van der Waals surface area contributed by atoms with Gasteiger partial charge in [-0.1, -0.05) is 17.3 Å². The van der Waals surface area contributed by atoms with Crippen molar-refractivity contribution < 1.29 is 18.4 Å². The maximum absolute atomic E-state index is 13.3. The Bertz CT molecular complexity index is 904. The molecule has 2 aromatic heterocycles. The molecule has 6 nitrogen and oxygen atoms in total. The largest absolute Gasteiger partial charge is 0.439 e. The van der Waals surface area contributed by atoms with Crippen LogP contribution in [0, 0.1) is 19.7 Å². The Labute approximate surface area is 150 Å². The molecule has 0 spiro atoms. The van der Waals surface area contributed by atoms with Crippen molar-refractivity contribution in [3.63, 3.8) is 0 Å². The van der Waals surface area contributed by atoms with Crippen LogP contribution in [0.4, 0.5) is 4.39 Å². The van der Waals surface area contributed by atoms with Crippen molar-refractivity contribution in [3.8, 4) is 11.6 Å². The SMILES string of the molecule is Cc1noc(C)c1CC(=O)NCc1cccnc1Oc1cccc(F)c1. The lowest BCUT2D eigenvalue weighted by Crippen LogP contribution is -2.25. The zero-order valence-corrected chi connectivity index (χ0v) is 14.5. The van der Waals surface area contributed by atoms with Gasteiger partial charge in [0.15, 0.2) is 0 Å². The molecule has 3 rings (SSSR count). The number of amides is 1. The number of hydrogen-bond donors (Lipinski definition) is 1. The minimum atomic E-state index is -0.396. The Morgan fingerprint density at radius 1 is 1.27 bits per heavy atom. The maximum Gasteiger partial charge on any atom is 0.224 e. The summed E-state index contributed by atoms with van der Waals surface area (Å²) in [5.41, 5.74) is 2.17. The maximum atomic E-state index is 13.3. The molecule has 1 N–H and O–H groups in total.